The van der Waals surface area contributed by atoms with Gasteiger partial charge >= 0.3 is 0 Å². The number of hydrogen-bond acceptors (Lipinski definition) is 5. The molecule has 8 heteroatoms. The lowest BCUT2D eigenvalue weighted by atomic mass is 10.3. The Balaban J connectivity index is 2.42. The maximum Gasteiger partial charge on any atom is 0.298 e. The Bertz CT molecular complexity index is 537. The number of hydrogen-bond donors (Lipinski definition) is 0. The molecule has 0 aliphatic carbocycles. The normalized spacial score (nSPS) is 10.3. The van der Waals surface area contributed by atoms with Gasteiger partial charge in [-0.3, -0.25) is 10.1 Å². The van der Waals surface area contributed by atoms with Crippen molar-refractivity contribution in [3.8, 4) is 11.6 Å². The van der Waals surface area contributed by atoms with Gasteiger partial charge in [0.05, 0.1) is 10.2 Å². The summed E-state index contributed by atoms with van der Waals surface area (Å²) in [6.45, 7) is 0. The van der Waals surface area contributed by atoms with Crippen LogP contribution in [0, 0.1) is 13.8 Å². The van der Waals surface area contributed by atoms with E-state index in [9.17, 15) is 15.2 Å². The number of benzene rings is 1. The van der Waals surface area contributed by atoms with Crippen molar-refractivity contribution < 1.29 is 19.2 Å². The van der Waals surface area contributed by atoms with Gasteiger partial charge in [0.25, 0.3) is 9.39 Å². The molecule has 0 amide bonds. The molecule has 0 spiro atoms. The zero-order chi connectivity index (χ0) is 11.7. The fourth-order valence-corrected chi connectivity index (χ4v) is 1.58. The van der Waals surface area contributed by atoms with Gasteiger partial charge in [-0.2, -0.15) is 0 Å². The van der Waals surface area contributed by atoms with Crippen molar-refractivity contribution in [3.63, 3.8) is 0 Å². The SMILES string of the molecule is O=[N+]([O-])c1ccc(-[n+]2noc([O-])c2I)cc1. The van der Waals surface area contributed by atoms with Crippen LogP contribution < -0.4 is 9.79 Å². The highest BCUT2D eigenvalue weighted by Gasteiger charge is 2.18. The van der Waals surface area contributed by atoms with Crippen molar-refractivity contribution >= 4 is 28.3 Å². The maximum atomic E-state index is 11.0. The van der Waals surface area contributed by atoms with E-state index in [4.69, 9.17) is 0 Å². The summed E-state index contributed by atoms with van der Waals surface area (Å²) in [5.74, 6) is -0.543. The van der Waals surface area contributed by atoms with Crippen LogP contribution in [0.25, 0.3) is 5.69 Å². The van der Waals surface area contributed by atoms with E-state index in [1.54, 1.807) is 22.6 Å². The smallest absolute Gasteiger partial charge is 0.298 e. The third-order valence-electron chi connectivity index (χ3n) is 1.86. The van der Waals surface area contributed by atoms with Crippen LogP contribution in [-0.2, 0) is 0 Å². The highest BCUT2D eigenvalue weighted by atomic mass is 127. The minimum Gasteiger partial charge on any atom is -0.538 e. The van der Waals surface area contributed by atoms with E-state index in [0.717, 1.165) is 0 Å². The van der Waals surface area contributed by atoms with E-state index in [0.29, 0.717) is 5.69 Å². The quantitative estimate of drug-likeness (QED) is 0.346. The van der Waals surface area contributed by atoms with E-state index < -0.39 is 10.9 Å². The van der Waals surface area contributed by atoms with Gasteiger partial charge < -0.3 is 9.63 Å². The number of nitrogens with zero attached hydrogens (tertiary/aromatic N) is 3. The predicted octanol–water partition coefficient (Wildman–Crippen LogP) is 0.538. The first-order valence-corrected chi connectivity index (χ1v) is 5.17. The van der Waals surface area contributed by atoms with Crippen molar-refractivity contribution in [2.24, 2.45) is 0 Å². The standard InChI is InChI=1S/C8H4IN3O4/c9-7-8(13)16-10-11(7)5-1-3-6(4-2-5)12(14)15/h1-4H. The van der Waals surface area contributed by atoms with Crippen molar-refractivity contribution in [2.75, 3.05) is 0 Å². The summed E-state index contributed by atoms with van der Waals surface area (Å²) in [5, 5.41) is 25.0. The van der Waals surface area contributed by atoms with E-state index in [1.807, 2.05) is 0 Å². The van der Waals surface area contributed by atoms with Gasteiger partial charge in [-0.05, 0) is 4.68 Å². The first-order valence-electron chi connectivity index (χ1n) is 4.09. The monoisotopic (exact) mass is 333 g/mol. The third-order valence-corrected chi connectivity index (χ3v) is 2.76. The zero-order valence-corrected chi connectivity index (χ0v) is 9.82. The number of nitro groups is 1. The molecule has 1 aromatic heterocycles. The zero-order valence-electron chi connectivity index (χ0n) is 7.66. The Morgan fingerprint density at radius 2 is 2.00 bits per heavy atom. The van der Waals surface area contributed by atoms with Gasteiger partial charge in [-0.25, -0.2) is 0 Å². The van der Waals surface area contributed by atoms with Gasteiger partial charge in [0.1, 0.15) is 0 Å². The molecule has 1 aromatic carbocycles. The van der Waals surface area contributed by atoms with Crippen LogP contribution in [-0.4, -0.2) is 10.2 Å². The third kappa shape index (κ3) is 1.83. The van der Waals surface area contributed by atoms with Gasteiger partial charge in [0.15, 0.2) is 5.95 Å². The lowest BCUT2D eigenvalue weighted by Gasteiger charge is -1.91. The number of aromatic nitrogens is 2. The average Bonchev–Trinajstić information content (AvgIpc) is 2.60. The Hall–Kier alpha value is -1.71. The van der Waals surface area contributed by atoms with Crippen molar-refractivity contribution in [3.05, 3.63) is 38.1 Å². The highest BCUT2D eigenvalue weighted by molar-refractivity contribution is 14.1. The summed E-state index contributed by atoms with van der Waals surface area (Å²) >= 11 is 1.79. The molecule has 7 nitrogen and oxygen atoms in total. The summed E-state index contributed by atoms with van der Waals surface area (Å²) in [6, 6.07) is 5.64. The van der Waals surface area contributed by atoms with E-state index in [2.05, 4.69) is 9.79 Å². The van der Waals surface area contributed by atoms with Gasteiger partial charge in [0.2, 0.25) is 5.69 Å². The van der Waals surface area contributed by atoms with Crippen LogP contribution in [0.15, 0.2) is 28.8 Å². The molecule has 2 rings (SSSR count). The van der Waals surface area contributed by atoms with Crippen molar-refractivity contribution in [1.29, 1.82) is 0 Å². The molecule has 82 valence electrons. The molecule has 0 atom stereocenters. The summed E-state index contributed by atoms with van der Waals surface area (Å²) in [7, 11) is 0. The average molecular weight is 333 g/mol. The molecule has 0 saturated carbocycles. The Labute approximate surface area is 103 Å². The van der Waals surface area contributed by atoms with Crippen molar-refractivity contribution in [2.45, 2.75) is 0 Å². The van der Waals surface area contributed by atoms with Crippen LogP contribution in [0.5, 0.6) is 5.95 Å². The number of halogens is 1. The first kappa shape index (κ1) is 10.8. The lowest BCUT2D eigenvalue weighted by molar-refractivity contribution is -0.682. The first-order chi connectivity index (χ1) is 7.59. The fourth-order valence-electron chi connectivity index (χ4n) is 1.11. The fraction of sp³-hybridized carbons (Fsp3) is 0. The molecule has 16 heavy (non-hydrogen) atoms. The molecule has 2 aromatic rings. The number of non-ortho nitro benzene ring substituents is 1. The number of nitro benzene ring substituents is 1. The molecule has 0 N–H and O–H groups in total. The summed E-state index contributed by atoms with van der Waals surface area (Å²) < 4.78 is 6.00. The molecule has 0 bridgehead atoms. The van der Waals surface area contributed by atoms with Crippen LogP contribution >= 0.6 is 22.6 Å². The van der Waals surface area contributed by atoms with E-state index >= 15 is 0 Å². The second-order valence-corrected chi connectivity index (χ2v) is 3.86. The van der Waals surface area contributed by atoms with E-state index in [-0.39, 0.29) is 9.39 Å². The molecule has 0 saturated heterocycles. The van der Waals surface area contributed by atoms with E-state index in [1.165, 1.54) is 28.9 Å². The topological polar surface area (TPSA) is 96.1 Å². The molecule has 0 fully saturated rings. The summed E-state index contributed by atoms with van der Waals surface area (Å²) in [5.41, 5.74) is 0.506. The second-order valence-electron chi connectivity index (χ2n) is 2.84. The van der Waals surface area contributed by atoms with Crippen molar-refractivity contribution in [1.82, 2.24) is 5.27 Å². The Kier molecular flexibility index (Phi) is 2.73. The Morgan fingerprint density at radius 1 is 1.38 bits per heavy atom. The second kappa shape index (κ2) is 4.04. The predicted molar refractivity (Wildman–Crippen MR) is 56.9 cm³/mol. The molecule has 1 heterocycles. The molecule has 0 aliphatic rings. The summed E-state index contributed by atoms with van der Waals surface area (Å²) in [6.07, 6.45) is 0. The van der Waals surface area contributed by atoms with Crippen LogP contribution in [0.2, 0.25) is 0 Å². The van der Waals surface area contributed by atoms with Crippen LogP contribution in [0.4, 0.5) is 5.69 Å². The minimum atomic E-state index is -0.543. The highest BCUT2D eigenvalue weighted by Crippen LogP contribution is 2.15. The Morgan fingerprint density at radius 3 is 2.44 bits per heavy atom. The van der Waals surface area contributed by atoms with Crippen LogP contribution in [0.1, 0.15) is 0 Å². The van der Waals surface area contributed by atoms with Gasteiger partial charge in [0, 0.05) is 46.9 Å². The number of rotatable bonds is 2. The van der Waals surface area contributed by atoms with Gasteiger partial charge in [-0.1, -0.05) is 0 Å². The minimum absolute atomic E-state index is 0.0230. The lowest BCUT2D eigenvalue weighted by Crippen LogP contribution is -2.35. The molecule has 0 unspecified atom stereocenters. The molecular formula is C8H4IN3O4. The molecule has 0 aliphatic heterocycles. The maximum absolute atomic E-state index is 11.0. The van der Waals surface area contributed by atoms with Gasteiger partial charge in [-0.15, -0.1) is 0 Å². The molecule has 0 radical (unpaired) electrons. The molecular weight excluding hydrogens is 329 g/mol. The largest absolute Gasteiger partial charge is 0.538 e. The summed E-state index contributed by atoms with van der Waals surface area (Å²) in [4.78, 5) is 9.93. The van der Waals surface area contributed by atoms with Crippen LogP contribution in [0.3, 0.4) is 0 Å².